The monoisotopic (exact) mass is 294 g/mol. The third kappa shape index (κ3) is 5.21. The minimum atomic E-state index is -1.26. The number of rotatable bonds is 8. The summed E-state index contributed by atoms with van der Waals surface area (Å²) in [6, 6.07) is 0. The van der Waals surface area contributed by atoms with Gasteiger partial charge in [-0.05, 0) is 12.2 Å². The molecule has 0 radical (unpaired) electrons. The van der Waals surface area contributed by atoms with Crippen LogP contribution in [-0.4, -0.2) is 62.6 Å². The Bertz CT molecular complexity index is 239. The first-order valence-electron chi connectivity index (χ1n) is 7.04. The zero-order valence-electron chi connectivity index (χ0n) is 11.4. The summed E-state index contributed by atoms with van der Waals surface area (Å²) in [5, 5.41) is 38.2. The zero-order valence-corrected chi connectivity index (χ0v) is 12.3. The number of aliphatic hydroxyl groups is 4. The maximum absolute atomic E-state index is 9.82. The highest BCUT2D eigenvalue weighted by Gasteiger charge is 2.43. The van der Waals surface area contributed by atoms with Crippen LogP contribution < -0.4 is 0 Å². The van der Waals surface area contributed by atoms with Gasteiger partial charge in [0.25, 0.3) is 0 Å². The van der Waals surface area contributed by atoms with E-state index >= 15 is 0 Å². The first-order valence-corrected chi connectivity index (χ1v) is 8.08. The van der Waals surface area contributed by atoms with Gasteiger partial charge in [-0.3, -0.25) is 0 Å². The molecule has 1 rings (SSSR count). The number of aliphatic hydroxyl groups excluding tert-OH is 4. The number of hydrogen-bond donors (Lipinski definition) is 4. The van der Waals surface area contributed by atoms with Gasteiger partial charge in [-0.25, -0.2) is 0 Å². The summed E-state index contributed by atoms with van der Waals surface area (Å²) in [5.41, 5.74) is -0.582. The van der Waals surface area contributed by atoms with Crippen LogP contribution in [0.5, 0.6) is 0 Å². The predicted molar refractivity (Wildman–Crippen MR) is 75.0 cm³/mol. The molecule has 0 aromatic carbocycles. The van der Waals surface area contributed by atoms with Gasteiger partial charge in [-0.15, -0.1) is 11.8 Å². The lowest BCUT2D eigenvalue weighted by atomic mass is 10.0. The molecule has 114 valence electrons. The standard InChI is InChI=1S/C13H26O5S/c1-2-3-4-5-6-7-19-13-12(17)11(16)10(15)9(8-14)18-13/h9-17H,2-8H2,1H3/t9-,10+,11+,12-,13+/m1/s1. The molecule has 19 heavy (non-hydrogen) atoms. The van der Waals surface area contributed by atoms with E-state index in [4.69, 9.17) is 9.84 Å². The molecule has 6 heteroatoms. The van der Waals surface area contributed by atoms with E-state index in [-0.39, 0.29) is 6.61 Å². The summed E-state index contributed by atoms with van der Waals surface area (Å²) in [5.74, 6) is 0.840. The Hall–Kier alpha value is 0.150. The molecule has 0 saturated carbocycles. The normalized spacial score (nSPS) is 35.5. The maximum atomic E-state index is 9.82. The van der Waals surface area contributed by atoms with Gasteiger partial charge >= 0.3 is 0 Å². The molecule has 1 saturated heterocycles. The SMILES string of the molecule is CCCCCCCS[C@@H]1O[C@H](CO)[C@H](O)[C@H](O)[C@H]1O. The van der Waals surface area contributed by atoms with Gasteiger partial charge in [0, 0.05) is 0 Å². The van der Waals surface area contributed by atoms with E-state index in [9.17, 15) is 15.3 Å². The molecule has 4 N–H and O–H groups in total. The van der Waals surface area contributed by atoms with Crippen LogP contribution in [0.2, 0.25) is 0 Å². The van der Waals surface area contributed by atoms with Crippen molar-refractivity contribution in [1.82, 2.24) is 0 Å². The molecule has 0 bridgehead atoms. The highest BCUT2D eigenvalue weighted by atomic mass is 32.2. The topological polar surface area (TPSA) is 90.2 Å². The number of hydrogen-bond acceptors (Lipinski definition) is 6. The molecule has 1 aliphatic rings. The van der Waals surface area contributed by atoms with Gasteiger partial charge in [-0.2, -0.15) is 0 Å². The predicted octanol–water partition coefficient (Wildman–Crippen LogP) is 0.490. The molecule has 1 aliphatic heterocycles. The van der Waals surface area contributed by atoms with Crippen molar-refractivity contribution >= 4 is 11.8 Å². The van der Waals surface area contributed by atoms with Gasteiger partial charge in [0.15, 0.2) is 0 Å². The van der Waals surface area contributed by atoms with E-state index in [0.717, 1.165) is 18.6 Å². The Balaban J connectivity index is 2.28. The van der Waals surface area contributed by atoms with Crippen molar-refractivity contribution in [2.24, 2.45) is 0 Å². The Morgan fingerprint density at radius 3 is 2.26 bits per heavy atom. The van der Waals surface area contributed by atoms with Crippen molar-refractivity contribution < 1.29 is 25.2 Å². The minimum Gasteiger partial charge on any atom is -0.394 e. The fraction of sp³-hybridized carbons (Fsp3) is 1.00. The minimum absolute atomic E-state index is 0.363. The third-order valence-corrected chi connectivity index (χ3v) is 4.62. The Kier molecular flexibility index (Phi) is 8.29. The van der Waals surface area contributed by atoms with E-state index in [0.29, 0.717) is 0 Å². The second kappa shape index (κ2) is 9.15. The lowest BCUT2D eigenvalue weighted by Crippen LogP contribution is -2.57. The molecule has 1 fully saturated rings. The third-order valence-electron chi connectivity index (χ3n) is 3.38. The van der Waals surface area contributed by atoms with Crippen molar-refractivity contribution in [1.29, 1.82) is 0 Å². The summed E-state index contributed by atoms with van der Waals surface area (Å²) in [6.07, 6.45) is 1.42. The molecule has 1 heterocycles. The first kappa shape index (κ1) is 17.2. The molecule has 0 aliphatic carbocycles. The summed E-state index contributed by atoms with van der Waals surface area (Å²) in [4.78, 5) is 0. The molecular formula is C13H26O5S. The van der Waals surface area contributed by atoms with Crippen LogP contribution in [0.15, 0.2) is 0 Å². The fourth-order valence-electron chi connectivity index (χ4n) is 2.11. The van der Waals surface area contributed by atoms with Crippen LogP contribution in [0, 0.1) is 0 Å². The van der Waals surface area contributed by atoms with E-state index in [2.05, 4.69) is 6.92 Å². The molecule has 0 aromatic heterocycles. The summed E-state index contributed by atoms with van der Waals surface area (Å²) in [6.45, 7) is 1.81. The number of ether oxygens (including phenoxy) is 1. The number of thioether (sulfide) groups is 1. The fourth-order valence-corrected chi connectivity index (χ4v) is 3.29. The average Bonchev–Trinajstić information content (AvgIpc) is 2.42. The quantitative estimate of drug-likeness (QED) is 0.487. The van der Waals surface area contributed by atoms with Gasteiger partial charge < -0.3 is 25.2 Å². The molecule has 0 aromatic rings. The Labute approximate surface area is 119 Å². The second-order valence-corrected chi connectivity index (χ2v) is 6.19. The zero-order chi connectivity index (χ0) is 14.3. The largest absolute Gasteiger partial charge is 0.394 e. The first-order chi connectivity index (χ1) is 9.11. The van der Waals surface area contributed by atoms with E-state index in [1.165, 1.54) is 31.0 Å². The van der Waals surface area contributed by atoms with E-state index in [1.54, 1.807) is 0 Å². The highest BCUT2D eigenvalue weighted by Crippen LogP contribution is 2.29. The molecule has 0 unspecified atom stereocenters. The van der Waals surface area contributed by atoms with E-state index in [1.807, 2.05) is 0 Å². The molecule has 0 amide bonds. The Morgan fingerprint density at radius 2 is 1.63 bits per heavy atom. The van der Waals surface area contributed by atoms with Gasteiger partial charge in [0.05, 0.1) is 6.61 Å². The smallest absolute Gasteiger partial charge is 0.132 e. The number of unbranched alkanes of at least 4 members (excludes halogenated alkanes) is 4. The van der Waals surface area contributed by atoms with Crippen LogP contribution in [0.1, 0.15) is 39.0 Å². The van der Waals surface area contributed by atoms with Crippen LogP contribution in [0.4, 0.5) is 0 Å². The second-order valence-electron chi connectivity index (χ2n) is 4.98. The summed E-state index contributed by atoms with van der Waals surface area (Å²) < 4.78 is 5.41. The van der Waals surface area contributed by atoms with Crippen molar-refractivity contribution in [2.45, 2.75) is 68.9 Å². The van der Waals surface area contributed by atoms with Crippen LogP contribution in [0.25, 0.3) is 0 Å². The molecular weight excluding hydrogens is 268 g/mol. The summed E-state index contributed by atoms with van der Waals surface area (Å²) >= 11 is 1.43. The van der Waals surface area contributed by atoms with Crippen molar-refractivity contribution in [3.63, 3.8) is 0 Å². The van der Waals surface area contributed by atoms with E-state index < -0.39 is 29.9 Å². The average molecular weight is 294 g/mol. The van der Waals surface area contributed by atoms with Gasteiger partial charge in [0.2, 0.25) is 0 Å². The lowest BCUT2D eigenvalue weighted by molar-refractivity contribution is -0.205. The maximum Gasteiger partial charge on any atom is 0.132 e. The van der Waals surface area contributed by atoms with Gasteiger partial charge in [-0.1, -0.05) is 32.6 Å². The van der Waals surface area contributed by atoms with Crippen LogP contribution >= 0.6 is 11.8 Å². The van der Waals surface area contributed by atoms with Crippen LogP contribution in [0.3, 0.4) is 0 Å². The highest BCUT2D eigenvalue weighted by molar-refractivity contribution is 7.99. The summed E-state index contributed by atoms with van der Waals surface area (Å²) in [7, 11) is 0. The Morgan fingerprint density at radius 1 is 0.947 bits per heavy atom. The molecule has 0 spiro atoms. The van der Waals surface area contributed by atoms with Crippen molar-refractivity contribution in [3.8, 4) is 0 Å². The van der Waals surface area contributed by atoms with Gasteiger partial charge in [0.1, 0.15) is 29.9 Å². The van der Waals surface area contributed by atoms with Crippen molar-refractivity contribution in [2.75, 3.05) is 12.4 Å². The van der Waals surface area contributed by atoms with Crippen molar-refractivity contribution in [3.05, 3.63) is 0 Å². The molecule has 5 atom stereocenters. The molecule has 5 nitrogen and oxygen atoms in total. The lowest BCUT2D eigenvalue weighted by Gasteiger charge is -2.39. The van der Waals surface area contributed by atoms with Crippen LogP contribution in [-0.2, 0) is 4.74 Å².